The van der Waals surface area contributed by atoms with Crippen LogP contribution in [0.2, 0.25) is 0 Å². The van der Waals surface area contributed by atoms with Gasteiger partial charge in [0.1, 0.15) is 0 Å². The van der Waals surface area contributed by atoms with Crippen LogP contribution >= 0.6 is 11.8 Å². The molecular weight excluding hydrogens is 204 g/mol. The maximum Gasteiger partial charge on any atom is 0.195 e. The lowest BCUT2D eigenvalue weighted by atomic mass is 9.86. The highest BCUT2D eigenvalue weighted by molar-refractivity contribution is 8.00. The molecule has 0 fully saturated rings. The van der Waals surface area contributed by atoms with Crippen LogP contribution in [0.15, 0.2) is 23.1 Å². The van der Waals surface area contributed by atoms with Crippen molar-refractivity contribution < 1.29 is 5.11 Å². The Morgan fingerprint density at radius 1 is 1.20 bits per heavy atom. The normalized spacial score (nSPS) is 12.1. The zero-order valence-corrected chi connectivity index (χ0v) is 10.9. The van der Waals surface area contributed by atoms with Crippen LogP contribution in [0.1, 0.15) is 40.2 Å². The molecular formula is C13H19OS. The van der Waals surface area contributed by atoms with Gasteiger partial charge < -0.3 is 0 Å². The number of thioether (sulfide) groups is 1. The standard InChI is InChI=1S/C13H19OS/c1-9(2)15-11-8-6-7-10(12(11)14)13(3,4)5/h6-9H,1-5H3. The average molecular weight is 223 g/mol. The van der Waals surface area contributed by atoms with Crippen molar-refractivity contribution in [3.63, 3.8) is 0 Å². The molecule has 0 aliphatic carbocycles. The highest BCUT2D eigenvalue weighted by atomic mass is 32.2. The summed E-state index contributed by atoms with van der Waals surface area (Å²) < 4.78 is 0. The SMILES string of the molecule is CC(C)Sc1cccc(C(C)(C)C)c1[O]. The molecule has 0 atom stereocenters. The Labute approximate surface area is 96.9 Å². The van der Waals surface area contributed by atoms with Gasteiger partial charge in [0, 0.05) is 10.8 Å². The zero-order chi connectivity index (χ0) is 11.6. The van der Waals surface area contributed by atoms with Crippen LogP contribution in [-0.4, -0.2) is 5.25 Å². The third kappa shape index (κ3) is 3.16. The average Bonchev–Trinajstić information content (AvgIpc) is 2.05. The molecule has 15 heavy (non-hydrogen) atoms. The van der Waals surface area contributed by atoms with E-state index in [1.54, 1.807) is 11.8 Å². The first-order chi connectivity index (χ1) is 6.82. The first-order valence-electron chi connectivity index (χ1n) is 5.29. The Balaban J connectivity index is 3.12. The number of hydrogen-bond donors (Lipinski definition) is 0. The Hall–Kier alpha value is -0.630. The van der Waals surface area contributed by atoms with E-state index in [2.05, 4.69) is 34.6 Å². The van der Waals surface area contributed by atoms with Crippen LogP contribution in [-0.2, 0) is 10.5 Å². The zero-order valence-electron chi connectivity index (χ0n) is 10.1. The van der Waals surface area contributed by atoms with Crippen molar-refractivity contribution in [1.29, 1.82) is 0 Å². The van der Waals surface area contributed by atoms with Gasteiger partial charge in [-0.1, -0.05) is 46.8 Å². The number of hydrogen-bond acceptors (Lipinski definition) is 1. The van der Waals surface area contributed by atoms with Crippen molar-refractivity contribution in [2.75, 3.05) is 0 Å². The van der Waals surface area contributed by atoms with Gasteiger partial charge in [-0.25, -0.2) is 0 Å². The maximum atomic E-state index is 12.1. The van der Waals surface area contributed by atoms with Gasteiger partial charge in [0.05, 0.1) is 4.90 Å². The molecule has 0 N–H and O–H groups in total. The molecule has 1 aromatic carbocycles. The van der Waals surface area contributed by atoms with Gasteiger partial charge >= 0.3 is 0 Å². The van der Waals surface area contributed by atoms with Gasteiger partial charge in [0.25, 0.3) is 0 Å². The molecule has 1 rings (SSSR count). The van der Waals surface area contributed by atoms with Crippen molar-refractivity contribution >= 4 is 11.8 Å². The molecule has 0 aliphatic rings. The van der Waals surface area contributed by atoms with Crippen molar-refractivity contribution in [1.82, 2.24) is 0 Å². The third-order valence-corrected chi connectivity index (χ3v) is 3.20. The number of rotatable bonds is 2. The first kappa shape index (κ1) is 12.4. The predicted octanol–water partition coefficient (Wildman–Crippen LogP) is 4.63. The Morgan fingerprint density at radius 3 is 2.27 bits per heavy atom. The van der Waals surface area contributed by atoms with Crippen LogP contribution in [0.3, 0.4) is 0 Å². The van der Waals surface area contributed by atoms with E-state index in [1.165, 1.54) is 0 Å². The van der Waals surface area contributed by atoms with Crippen molar-refractivity contribution in [3.8, 4) is 5.75 Å². The molecule has 0 aromatic heterocycles. The molecule has 1 aromatic rings. The van der Waals surface area contributed by atoms with E-state index in [1.807, 2.05) is 18.2 Å². The minimum atomic E-state index is -0.0648. The first-order valence-corrected chi connectivity index (χ1v) is 6.17. The Morgan fingerprint density at radius 2 is 1.80 bits per heavy atom. The molecule has 0 bridgehead atoms. The summed E-state index contributed by atoms with van der Waals surface area (Å²) in [7, 11) is 0. The summed E-state index contributed by atoms with van der Waals surface area (Å²) in [6.45, 7) is 10.4. The monoisotopic (exact) mass is 223 g/mol. The van der Waals surface area contributed by atoms with Crippen LogP contribution in [0, 0.1) is 0 Å². The second-order valence-electron chi connectivity index (χ2n) is 5.05. The van der Waals surface area contributed by atoms with Gasteiger partial charge in [-0.3, -0.25) is 5.11 Å². The van der Waals surface area contributed by atoms with Crippen molar-refractivity contribution in [2.45, 2.75) is 50.2 Å². The van der Waals surface area contributed by atoms with E-state index in [9.17, 15) is 5.11 Å². The second kappa shape index (κ2) is 4.48. The van der Waals surface area contributed by atoms with Crippen LogP contribution in [0.5, 0.6) is 5.75 Å². The van der Waals surface area contributed by atoms with E-state index in [-0.39, 0.29) is 11.2 Å². The third-order valence-electron chi connectivity index (χ3n) is 2.15. The Bertz CT molecular complexity index is 337. The molecule has 2 heteroatoms. The lowest BCUT2D eigenvalue weighted by Gasteiger charge is -2.20. The van der Waals surface area contributed by atoms with E-state index in [4.69, 9.17) is 0 Å². The molecule has 1 nitrogen and oxygen atoms in total. The van der Waals surface area contributed by atoms with Crippen LogP contribution in [0.25, 0.3) is 0 Å². The van der Waals surface area contributed by atoms with Gasteiger partial charge in [0.15, 0.2) is 5.75 Å². The molecule has 0 saturated heterocycles. The van der Waals surface area contributed by atoms with Gasteiger partial charge in [-0.05, 0) is 11.5 Å². The molecule has 0 unspecified atom stereocenters. The van der Waals surface area contributed by atoms with Crippen molar-refractivity contribution in [3.05, 3.63) is 23.8 Å². The fraction of sp³-hybridized carbons (Fsp3) is 0.538. The molecule has 1 radical (unpaired) electrons. The van der Waals surface area contributed by atoms with E-state index in [0.29, 0.717) is 5.25 Å². The molecule has 0 saturated carbocycles. The molecule has 0 aliphatic heterocycles. The predicted molar refractivity (Wildman–Crippen MR) is 66.3 cm³/mol. The molecule has 0 amide bonds. The van der Waals surface area contributed by atoms with Crippen LogP contribution in [0.4, 0.5) is 0 Å². The topological polar surface area (TPSA) is 19.9 Å². The number of para-hydroxylation sites is 1. The molecule has 0 heterocycles. The van der Waals surface area contributed by atoms with Gasteiger partial charge in [-0.15, -0.1) is 11.8 Å². The summed E-state index contributed by atoms with van der Waals surface area (Å²) in [6, 6.07) is 5.83. The quantitative estimate of drug-likeness (QED) is 0.669. The van der Waals surface area contributed by atoms with Gasteiger partial charge in [0.2, 0.25) is 0 Å². The highest BCUT2D eigenvalue weighted by Gasteiger charge is 2.21. The number of benzene rings is 1. The summed E-state index contributed by atoms with van der Waals surface area (Å²) in [4.78, 5) is 0.873. The van der Waals surface area contributed by atoms with E-state index < -0.39 is 0 Å². The second-order valence-corrected chi connectivity index (χ2v) is 6.67. The summed E-state index contributed by atoms with van der Waals surface area (Å²) >= 11 is 1.64. The summed E-state index contributed by atoms with van der Waals surface area (Å²) in [5.74, 6) is 0.198. The lowest BCUT2D eigenvalue weighted by molar-refractivity contribution is 0.330. The van der Waals surface area contributed by atoms with E-state index >= 15 is 0 Å². The summed E-state index contributed by atoms with van der Waals surface area (Å²) in [6.07, 6.45) is 0. The van der Waals surface area contributed by atoms with Crippen LogP contribution < -0.4 is 0 Å². The van der Waals surface area contributed by atoms with Crippen molar-refractivity contribution in [2.24, 2.45) is 0 Å². The Kier molecular flexibility index (Phi) is 3.72. The van der Waals surface area contributed by atoms with Gasteiger partial charge in [-0.2, -0.15) is 0 Å². The van der Waals surface area contributed by atoms with E-state index in [0.717, 1.165) is 10.5 Å². The minimum absolute atomic E-state index is 0.0648. The maximum absolute atomic E-state index is 12.1. The fourth-order valence-corrected chi connectivity index (χ4v) is 2.34. The fourth-order valence-electron chi connectivity index (χ4n) is 1.45. The summed E-state index contributed by atoms with van der Waals surface area (Å²) in [5, 5.41) is 12.6. The molecule has 83 valence electrons. The largest absolute Gasteiger partial charge is 0.288 e. The smallest absolute Gasteiger partial charge is 0.195 e. The lowest BCUT2D eigenvalue weighted by Crippen LogP contribution is -2.11. The summed E-state index contributed by atoms with van der Waals surface area (Å²) in [5.41, 5.74) is 0.845. The minimum Gasteiger partial charge on any atom is -0.288 e. The highest BCUT2D eigenvalue weighted by Crippen LogP contribution is 2.39. The molecule has 0 spiro atoms.